The Balaban J connectivity index is 1.53. The molecule has 2 bridgehead atoms. The lowest BCUT2D eigenvalue weighted by molar-refractivity contribution is 0.0266. The van der Waals surface area contributed by atoms with Crippen LogP contribution >= 0.6 is 0 Å². The van der Waals surface area contributed by atoms with Gasteiger partial charge in [0.25, 0.3) is 0 Å². The second-order valence-electron chi connectivity index (χ2n) is 7.97. The first kappa shape index (κ1) is 14.7. The fourth-order valence-corrected chi connectivity index (χ4v) is 5.23. The monoisotopic (exact) mass is 298 g/mol. The highest BCUT2D eigenvalue weighted by molar-refractivity contribution is 5.39. The van der Waals surface area contributed by atoms with Crippen LogP contribution in [-0.4, -0.2) is 48.6 Å². The number of benzene rings is 1. The van der Waals surface area contributed by atoms with Gasteiger partial charge in [0.1, 0.15) is 0 Å². The number of rotatable bonds is 3. The molecule has 0 saturated carbocycles. The number of nitrogens with zero attached hydrogens (tertiary/aromatic N) is 2. The topological polar surface area (TPSA) is 6.48 Å². The zero-order valence-corrected chi connectivity index (χ0v) is 14.2. The molecule has 0 radical (unpaired) electrons. The summed E-state index contributed by atoms with van der Waals surface area (Å²) in [5, 5.41) is 0. The van der Waals surface area contributed by atoms with Gasteiger partial charge in [-0.2, -0.15) is 0 Å². The van der Waals surface area contributed by atoms with E-state index in [1.165, 1.54) is 58.4 Å². The van der Waals surface area contributed by atoms with Crippen LogP contribution in [0.5, 0.6) is 0 Å². The van der Waals surface area contributed by atoms with E-state index in [1.54, 1.807) is 11.1 Å². The lowest BCUT2D eigenvalue weighted by Gasteiger charge is -2.54. The highest BCUT2D eigenvalue weighted by Gasteiger charge is 2.47. The largest absolute Gasteiger partial charge is 0.302 e. The van der Waals surface area contributed by atoms with Gasteiger partial charge in [0.15, 0.2) is 0 Å². The summed E-state index contributed by atoms with van der Waals surface area (Å²) in [4.78, 5) is 5.47. The third-order valence-electron chi connectivity index (χ3n) is 6.93. The van der Waals surface area contributed by atoms with Gasteiger partial charge in [0, 0.05) is 19.1 Å². The molecule has 0 amide bonds. The number of hydrogen-bond donors (Lipinski definition) is 0. The molecule has 1 aromatic rings. The van der Waals surface area contributed by atoms with E-state index in [4.69, 9.17) is 0 Å². The maximum atomic E-state index is 2.81. The first-order valence-electron chi connectivity index (χ1n) is 9.23. The minimum Gasteiger partial charge on any atom is -0.302 e. The van der Waals surface area contributed by atoms with Crippen LogP contribution in [0.3, 0.4) is 0 Å². The van der Waals surface area contributed by atoms with E-state index in [-0.39, 0.29) is 0 Å². The van der Waals surface area contributed by atoms with Crippen molar-refractivity contribution in [1.29, 1.82) is 0 Å². The number of fused-ring (bicyclic) bond motifs is 4. The van der Waals surface area contributed by atoms with Gasteiger partial charge < -0.3 is 4.90 Å². The molecule has 2 aliphatic heterocycles. The summed E-state index contributed by atoms with van der Waals surface area (Å²) in [6.45, 7) is 11.5. The normalized spacial score (nSPS) is 35.5. The van der Waals surface area contributed by atoms with Crippen molar-refractivity contribution in [1.82, 2.24) is 9.80 Å². The molecule has 3 atom stereocenters. The molecule has 2 heteroatoms. The van der Waals surface area contributed by atoms with Gasteiger partial charge in [-0.05, 0) is 67.8 Å². The van der Waals surface area contributed by atoms with Crippen LogP contribution in [0.4, 0.5) is 0 Å². The molecule has 2 fully saturated rings. The summed E-state index contributed by atoms with van der Waals surface area (Å²) in [5.74, 6) is 0.773. The first-order valence-corrected chi connectivity index (χ1v) is 9.23. The van der Waals surface area contributed by atoms with Crippen LogP contribution in [-0.2, 0) is 11.8 Å². The standard InChI is InChI=1S/C20H30N2/c1-16-19-15-17-7-3-4-8-18(17)20(16,2)9-12-22(19)14-13-21-10-5-6-11-21/h3-4,7-8,16,19H,5-6,9-15H2,1-2H3/t16-,19+,20-/m1/s1. The van der Waals surface area contributed by atoms with Gasteiger partial charge in [0.2, 0.25) is 0 Å². The highest BCUT2D eigenvalue weighted by Crippen LogP contribution is 2.48. The summed E-state index contributed by atoms with van der Waals surface area (Å²) in [6.07, 6.45) is 5.39. The van der Waals surface area contributed by atoms with Gasteiger partial charge in [-0.1, -0.05) is 38.1 Å². The van der Waals surface area contributed by atoms with Crippen LogP contribution in [0.25, 0.3) is 0 Å². The van der Waals surface area contributed by atoms with Gasteiger partial charge in [-0.25, -0.2) is 0 Å². The van der Waals surface area contributed by atoms with E-state index in [0.29, 0.717) is 5.41 Å². The Morgan fingerprint density at radius 2 is 1.86 bits per heavy atom. The molecule has 0 spiro atoms. The first-order chi connectivity index (χ1) is 10.7. The smallest absolute Gasteiger partial charge is 0.0170 e. The zero-order chi connectivity index (χ0) is 15.2. The van der Waals surface area contributed by atoms with Crippen LogP contribution in [0.1, 0.15) is 44.2 Å². The molecule has 22 heavy (non-hydrogen) atoms. The van der Waals surface area contributed by atoms with E-state index in [0.717, 1.165) is 12.0 Å². The van der Waals surface area contributed by atoms with Crippen LogP contribution in [0.15, 0.2) is 24.3 Å². The zero-order valence-electron chi connectivity index (χ0n) is 14.2. The molecular formula is C20H30N2. The molecule has 0 N–H and O–H groups in total. The molecule has 2 saturated heterocycles. The fraction of sp³-hybridized carbons (Fsp3) is 0.700. The van der Waals surface area contributed by atoms with E-state index in [9.17, 15) is 0 Å². The second-order valence-corrected chi connectivity index (χ2v) is 7.97. The molecule has 4 rings (SSSR count). The Labute approximate surface area is 135 Å². The summed E-state index contributed by atoms with van der Waals surface area (Å²) in [7, 11) is 0. The maximum absolute atomic E-state index is 2.81. The predicted octanol–water partition coefficient (Wildman–Crippen LogP) is 3.31. The summed E-state index contributed by atoms with van der Waals surface area (Å²) >= 11 is 0. The molecule has 0 aromatic heterocycles. The second kappa shape index (κ2) is 5.65. The van der Waals surface area contributed by atoms with Crippen LogP contribution in [0.2, 0.25) is 0 Å². The SMILES string of the molecule is C[C@@H]1[C@@H]2Cc3ccccc3[C@]1(C)CCN2CCN1CCCC1. The van der Waals surface area contributed by atoms with E-state index in [2.05, 4.69) is 47.9 Å². The van der Waals surface area contributed by atoms with Gasteiger partial charge in [0.05, 0.1) is 0 Å². The minimum atomic E-state index is 0.393. The Morgan fingerprint density at radius 1 is 1.09 bits per heavy atom. The number of hydrogen-bond acceptors (Lipinski definition) is 2. The molecule has 1 aliphatic carbocycles. The Bertz CT molecular complexity index is 534. The van der Waals surface area contributed by atoms with E-state index < -0.39 is 0 Å². The van der Waals surface area contributed by atoms with Gasteiger partial charge in [-0.3, -0.25) is 4.90 Å². The average Bonchev–Trinajstić information content (AvgIpc) is 3.03. The Kier molecular flexibility index (Phi) is 3.78. The third kappa shape index (κ3) is 2.32. The lowest BCUT2D eigenvalue weighted by atomic mass is 9.59. The molecule has 1 aromatic carbocycles. The molecule has 0 unspecified atom stereocenters. The predicted molar refractivity (Wildman–Crippen MR) is 92.3 cm³/mol. The summed E-state index contributed by atoms with van der Waals surface area (Å²) in [6, 6.07) is 9.97. The van der Waals surface area contributed by atoms with Crippen molar-refractivity contribution in [2.45, 2.75) is 51.0 Å². The molecule has 120 valence electrons. The highest BCUT2D eigenvalue weighted by atomic mass is 15.2. The summed E-state index contributed by atoms with van der Waals surface area (Å²) < 4.78 is 0. The number of piperidine rings is 1. The minimum absolute atomic E-state index is 0.393. The van der Waals surface area contributed by atoms with Crippen molar-refractivity contribution in [2.75, 3.05) is 32.7 Å². The van der Waals surface area contributed by atoms with Crippen LogP contribution in [0, 0.1) is 5.92 Å². The Hall–Kier alpha value is -0.860. The molecular weight excluding hydrogens is 268 g/mol. The van der Waals surface area contributed by atoms with Crippen molar-refractivity contribution < 1.29 is 0 Å². The van der Waals surface area contributed by atoms with Crippen molar-refractivity contribution in [2.24, 2.45) is 5.92 Å². The van der Waals surface area contributed by atoms with E-state index >= 15 is 0 Å². The fourth-order valence-electron chi connectivity index (χ4n) is 5.23. The molecule has 2 heterocycles. The van der Waals surface area contributed by atoms with Gasteiger partial charge in [-0.15, -0.1) is 0 Å². The molecule has 2 nitrogen and oxygen atoms in total. The third-order valence-corrected chi connectivity index (χ3v) is 6.93. The van der Waals surface area contributed by atoms with Crippen molar-refractivity contribution in [3.8, 4) is 0 Å². The number of likely N-dealkylation sites (tertiary alicyclic amines) is 2. The van der Waals surface area contributed by atoms with Gasteiger partial charge >= 0.3 is 0 Å². The van der Waals surface area contributed by atoms with E-state index in [1.807, 2.05) is 0 Å². The summed E-state index contributed by atoms with van der Waals surface area (Å²) in [5.41, 5.74) is 3.64. The Morgan fingerprint density at radius 3 is 2.68 bits per heavy atom. The molecule has 3 aliphatic rings. The average molecular weight is 298 g/mol. The van der Waals surface area contributed by atoms with Crippen molar-refractivity contribution >= 4 is 0 Å². The lowest BCUT2D eigenvalue weighted by Crippen LogP contribution is -2.58. The van der Waals surface area contributed by atoms with Crippen LogP contribution < -0.4 is 0 Å². The quantitative estimate of drug-likeness (QED) is 0.845. The van der Waals surface area contributed by atoms with Crippen molar-refractivity contribution in [3.05, 3.63) is 35.4 Å². The maximum Gasteiger partial charge on any atom is 0.0170 e. The van der Waals surface area contributed by atoms with Crippen molar-refractivity contribution in [3.63, 3.8) is 0 Å².